The Morgan fingerprint density at radius 3 is 2.17 bits per heavy atom. The lowest BCUT2D eigenvalue weighted by Crippen LogP contribution is -2.66. The monoisotopic (exact) mass is 753 g/mol. The Morgan fingerprint density at radius 1 is 0.889 bits per heavy atom. The average molecular weight is 753 g/mol. The number of allylic oxidation sites excluding steroid dienone is 1. The molecule has 6 rings (SSSR count). The van der Waals surface area contributed by atoms with Gasteiger partial charge in [0.25, 0.3) is 0 Å². The number of aliphatic hydroxyl groups is 1. The van der Waals surface area contributed by atoms with E-state index in [0.717, 1.165) is 82.5 Å². The molecule has 0 aromatic carbocycles. The van der Waals surface area contributed by atoms with E-state index in [1.165, 1.54) is 24.8 Å². The Morgan fingerprint density at radius 2 is 1.57 bits per heavy atom. The summed E-state index contributed by atoms with van der Waals surface area (Å²) in [5, 5.41) is 22.2. The molecule has 2 unspecified atom stereocenters. The summed E-state index contributed by atoms with van der Waals surface area (Å²) >= 11 is 0. The molecule has 306 valence electrons. The summed E-state index contributed by atoms with van der Waals surface area (Å²) in [7, 11) is 4.25. The number of esters is 1. The van der Waals surface area contributed by atoms with Gasteiger partial charge < -0.3 is 19.8 Å². The molecule has 8 heteroatoms. The Balaban J connectivity index is 1.28. The number of rotatable bonds is 13. The van der Waals surface area contributed by atoms with E-state index >= 15 is 0 Å². The summed E-state index contributed by atoms with van der Waals surface area (Å²) in [6, 6.07) is 0. The topological polar surface area (TPSA) is 107 Å². The minimum absolute atomic E-state index is 0.0135. The molecule has 0 amide bonds. The maximum Gasteiger partial charge on any atom is 0.309 e. The van der Waals surface area contributed by atoms with Crippen molar-refractivity contribution in [3.05, 3.63) is 11.1 Å². The molecule has 2 N–H and O–H groups in total. The SMILES string of the molecule is CC(C)C1=C2[C@H]3CCC4[C@@]5(C)CC[C@H](OC(=O)CC(C)(C)C(=O)O)C(C)(C)C5CC[C@@]4(C)[C@]3(C)CC[C@@]2([C@H](O)CN(CCN(C)C)CC2CCC2)CC1=O. The maximum absolute atomic E-state index is 14.2. The summed E-state index contributed by atoms with van der Waals surface area (Å²) in [6.07, 6.45) is 11.5. The van der Waals surface area contributed by atoms with Crippen LogP contribution in [0.1, 0.15) is 146 Å². The highest BCUT2D eigenvalue weighted by Gasteiger charge is 2.71. The van der Waals surface area contributed by atoms with Crippen LogP contribution in [-0.4, -0.2) is 90.2 Å². The standard InChI is InChI=1S/C46H76N2O6/c1-29(2)38-32(49)25-46(35(50)28-48(24-23-47(10)11)27-30-13-12-14-30)22-21-44(8)31(39(38)46)15-16-34-43(7)19-18-36(54-37(51)26-41(3,4)40(52)53)42(5,6)33(43)17-20-45(34,44)9/h29-31,33-36,50H,12-28H2,1-11H3,(H,52,53)/t31-,33?,34?,35-,36+,43+,44-,45-,46+/m1/s1. The van der Waals surface area contributed by atoms with Crippen molar-refractivity contribution >= 4 is 17.7 Å². The fourth-order valence-electron chi connectivity index (χ4n) is 14.0. The predicted octanol–water partition coefficient (Wildman–Crippen LogP) is 8.40. The van der Waals surface area contributed by atoms with Crippen LogP contribution < -0.4 is 0 Å². The summed E-state index contributed by atoms with van der Waals surface area (Å²) in [6.45, 7) is 23.5. The zero-order chi connectivity index (χ0) is 39.8. The third-order valence-corrected chi connectivity index (χ3v) is 17.5. The zero-order valence-corrected chi connectivity index (χ0v) is 36.0. The summed E-state index contributed by atoms with van der Waals surface area (Å²) in [4.78, 5) is 43.9. The molecule has 0 saturated heterocycles. The number of aliphatic hydroxyl groups excluding tert-OH is 1. The Kier molecular flexibility index (Phi) is 11.3. The number of fused-ring (bicyclic) bond motifs is 7. The molecule has 5 saturated carbocycles. The number of hydrogen-bond donors (Lipinski definition) is 2. The molecule has 0 aliphatic heterocycles. The van der Waals surface area contributed by atoms with Crippen LogP contribution in [0.5, 0.6) is 0 Å². The number of aliphatic carboxylic acids is 1. The van der Waals surface area contributed by atoms with Crippen molar-refractivity contribution in [2.24, 2.45) is 62.1 Å². The molecule has 54 heavy (non-hydrogen) atoms. The molecule has 8 nitrogen and oxygen atoms in total. The second-order valence-electron chi connectivity index (χ2n) is 21.9. The van der Waals surface area contributed by atoms with Crippen molar-refractivity contribution in [1.29, 1.82) is 0 Å². The van der Waals surface area contributed by atoms with Gasteiger partial charge in [-0.25, -0.2) is 0 Å². The maximum atomic E-state index is 14.2. The number of Topliss-reactive ketones (excluding diaryl/α,β-unsaturated/α-hetero) is 1. The van der Waals surface area contributed by atoms with Gasteiger partial charge in [0.2, 0.25) is 0 Å². The number of hydrogen-bond acceptors (Lipinski definition) is 7. The van der Waals surface area contributed by atoms with Crippen LogP contribution in [-0.2, 0) is 19.1 Å². The molecule has 9 atom stereocenters. The molecule has 0 heterocycles. The van der Waals surface area contributed by atoms with Crippen molar-refractivity contribution in [1.82, 2.24) is 9.80 Å². The number of carbonyl (C=O) groups excluding carboxylic acids is 2. The lowest BCUT2D eigenvalue weighted by molar-refractivity contribution is -0.235. The molecule has 5 fully saturated rings. The lowest BCUT2D eigenvalue weighted by Gasteiger charge is -2.72. The molecule has 0 aromatic rings. The van der Waals surface area contributed by atoms with E-state index in [0.29, 0.717) is 24.8 Å². The first kappa shape index (κ1) is 41.9. The third-order valence-electron chi connectivity index (χ3n) is 17.5. The molecule has 0 radical (unpaired) electrons. The van der Waals surface area contributed by atoms with Gasteiger partial charge in [0.1, 0.15) is 6.10 Å². The van der Waals surface area contributed by atoms with Gasteiger partial charge in [0.15, 0.2) is 5.78 Å². The summed E-state index contributed by atoms with van der Waals surface area (Å²) in [5.41, 5.74) is 0.703. The Bertz CT molecular complexity index is 1500. The number of carboxylic acid groups (broad SMARTS) is 1. The van der Waals surface area contributed by atoms with Crippen LogP contribution in [0.15, 0.2) is 11.1 Å². The van der Waals surface area contributed by atoms with E-state index in [4.69, 9.17) is 4.74 Å². The van der Waals surface area contributed by atoms with Gasteiger partial charge in [-0.3, -0.25) is 19.3 Å². The predicted molar refractivity (Wildman–Crippen MR) is 214 cm³/mol. The number of likely N-dealkylation sites (N-methyl/N-ethyl adjacent to an activating group) is 1. The molecule has 0 spiro atoms. The minimum atomic E-state index is -1.16. The number of carbonyl (C=O) groups is 3. The van der Waals surface area contributed by atoms with Crippen molar-refractivity contribution in [3.63, 3.8) is 0 Å². The summed E-state index contributed by atoms with van der Waals surface area (Å²) < 4.78 is 6.19. The second-order valence-corrected chi connectivity index (χ2v) is 21.9. The van der Waals surface area contributed by atoms with E-state index in [1.54, 1.807) is 13.8 Å². The van der Waals surface area contributed by atoms with E-state index in [9.17, 15) is 24.6 Å². The molecule has 6 aliphatic carbocycles. The first-order chi connectivity index (χ1) is 25.0. The van der Waals surface area contributed by atoms with E-state index in [2.05, 4.69) is 72.4 Å². The van der Waals surface area contributed by atoms with Gasteiger partial charge in [-0.05, 0) is 144 Å². The van der Waals surface area contributed by atoms with Gasteiger partial charge in [-0.2, -0.15) is 0 Å². The number of ketones is 1. The molecular formula is C46H76N2O6. The molecule has 0 aromatic heterocycles. The highest BCUT2D eigenvalue weighted by atomic mass is 16.5. The Hall–Kier alpha value is -1.77. The van der Waals surface area contributed by atoms with Crippen molar-refractivity contribution in [2.75, 3.05) is 40.3 Å². The van der Waals surface area contributed by atoms with Crippen molar-refractivity contribution in [3.8, 4) is 0 Å². The van der Waals surface area contributed by atoms with Gasteiger partial charge in [0.05, 0.1) is 17.9 Å². The normalized spacial score (nSPS) is 38.5. The molecule has 6 aliphatic rings. The van der Waals surface area contributed by atoms with Crippen LogP contribution in [0.25, 0.3) is 0 Å². The smallest absolute Gasteiger partial charge is 0.309 e. The van der Waals surface area contributed by atoms with Crippen LogP contribution in [0.2, 0.25) is 0 Å². The third kappa shape index (κ3) is 6.76. The highest BCUT2D eigenvalue weighted by Crippen LogP contribution is 2.77. The quantitative estimate of drug-likeness (QED) is 0.181. The fraction of sp³-hybridized carbons (Fsp3) is 0.891. The van der Waals surface area contributed by atoms with Gasteiger partial charge in [0, 0.05) is 43.4 Å². The second kappa shape index (κ2) is 14.6. The molecular weight excluding hydrogens is 677 g/mol. The first-order valence-electron chi connectivity index (χ1n) is 21.8. The fourth-order valence-corrected chi connectivity index (χ4v) is 14.0. The zero-order valence-electron chi connectivity index (χ0n) is 36.0. The molecule has 0 bridgehead atoms. The minimum Gasteiger partial charge on any atom is -0.481 e. The van der Waals surface area contributed by atoms with Gasteiger partial charge in [-0.1, -0.05) is 60.5 Å². The van der Waals surface area contributed by atoms with Crippen molar-refractivity contribution in [2.45, 2.75) is 158 Å². The summed E-state index contributed by atoms with van der Waals surface area (Å²) in [5.74, 6) is 0.937. The van der Waals surface area contributed by atoms with E-state index < -0.39 is 28.9 Å². The van der Waals surface area contributed by atoms with Crippen LogP contribution in [0.4, 0.5) is 0 Å². The van der Waals surface area contributed by atoms with Crippen molar-refractivity contribution < 1.29 is 29.3 Å². The van der Waals surface area contributed by atoms with Crippen LogP contribution >= 0.6 is 0 Å². The lowest BCUT2D eigenvalue weighted by atomic mass is 9.33. The Labute approximate surface area is 327 Å². The highest BCUT2D eigenvalue weighted by molar-refractivity contribution is 6.00. The van der Waals surface area contributed by atoms with E-state index in [-0.39, 0.29) is 51.8 Å². The van der Waals surface area contributed by atoms with Gasteiger partial charge in [-0.15, -0.1) is 0 Å². The number of carboxylic acids is 1. The van der Waals surface area contributed by atoms with E-state index in [1.807, 2.05) is 0 Å². The van der Waals surface area contributed by atoms with Gasteiger partial charge >= 0.3 is 11.9 Å². The average Bonchev–Trinajstić information content (AvgIpc) is 3.36. The largest absolute Gasteiger partial charge is 0.481 e. The first-order valence-corrected chi connectivity index (χ1v) is 21.8. The van der Waals surface area contributed by atoms with Crippen LogP contribution in [0, 0.1) is 62.1 Å². The van der Waals surface area contributed by atoms with Crippen LogP contribution in [0.3, 0.4) is 0 Å². The number of ether oxygens (including phenoxy) is 1. The number of nitrogens with zero attached hydrogens (tertiary/aromatic N) is 2.